The van der Waals surface area contributed by atoms with E-state index in [2.05, 4.69) is 27.0 Å². The van der Waals surface area contributed by atoms with Crippen molar-refractivity contribution in [3.63, 3.8) is 0 Å². The molecule has 0 radical (unpaired) electrons. The lowest BCUT2D eigenvalue weighted by molar-refractivity contribution is -0.137. The fraction of sp³-hybridized carbons (Fsp3) is 0.304. The van der Waals surface area contributed by atoms with Gasteiger partial charge in [0.15, 0.2) is 0 Å². The molecule has 1 aliphatic heterocycles. The van der Waals surface area contributed by atoms with Crippen molar-refractivity contribution in [1.82, 2.24) is 14.9 Å². The van der Waals surface area contributed by atoms with Crippen molar-refractivity contribution >= 4 is 0 Å². The van der Waals surface area contributed by atoms with Crippen LogP contribution >= 0.6 is 0 Å². The van der Waals surface area contributed by atoms with Crippen LogP contribution in [0.1, 0.15) is 22.9 Å². The summed E-state index contributed by atoms with van der Waals surface area (Å²) in [6.45, 7) is 2.85. The lowest BCUT2D eigenvalue weighted by atomic mass is 10.0. The number of hydrogen-bond donors (Lipinski definition) is 0. The van der Waals surface area contributed by atoms with Crippen LogP contribution < -0.4 is 0 Å². The molecule has 1 aliphatic rings. The Morgan fingerprint density at radius 2 is 1.80 bits per heavy atom. The summed E-state index contributed by atoms with van der Waals surface area (Å²) in [4.78, 5) is 11.1. The van der Waals surface area contributed by atoms with Crippen molar-refractivity contribution < 1.29 is 17.9 Å². The molecule has 7 heteroatoms. The molecule has 4 rings (SSSR count). The van der Waals surface area contributed by atoms with E-state index in [1.807, 2.05) is 18.2 Å². The van der Waals surface area contributed by atoms with E-state index in [0.29, 0.717) is 30.1 Å². The van der Waals surface area contributed by atoms with Gasteiger partial charge in [-0.1, -0.05) is 42.5 Å². The van der Waals surface area contributed by atoms with E-state index in [4.69, 9.17) is 4.74 Å². The van der Waals surface area contributed by atoms with Crippen LogP contribution in [0.15, 0.2) is 67.0 Å². The van der Waals surface area contributed by atoms with Gasteiger partial charge < -0.3 is 4.74 Å². The molecule has 0 spiro atoms. The van der Waals surface area contributed by atoms with Crippen LogP contribution in [0.2, 0.25) is 0 Å². The van der Waals surface area contributed by atoms with E-state index in [1.54, 1.807) is 12.3 Å². The Hall–Kier alpha value is -2.77. The number of ether oxygens (including phenoxy) is 1. The van der Waals surface area contributed by atoms with Gasteiger partial charge in [0.1, 0.15) is 6.10 Å². The first-order valence-corrected chi connectivity index (χ1v) is 9.87. The van der Waals surface area contributed by atoms with Gasteiger partial charge in [-0.2, -0.15) is 13.2 Å². The molecule has 156 valence electrons. The molecule has 3 aromatic rings. The molecule has 0 bridgehead atoms. The van der Waals surface area contributed by atoms with Crippen molar-refractivity contribution in [3.05, 3.63) is 83.8 Å². The molecule has 1 saturated heterocycles. The average molecular weight is 413 g/mol. The number of rotatable bonds is 5. The SMILES string of the molecule is FC(F)(F)c1cccc(-c2nccnc2C2CN(CCc3ccccc3)CCO2)c1. The van der Waals surface area contributed by atoms with Crippen molar-refractivity contribution in [1.29, 1.82) is 0 Å². The Labute approximate surface area is 173 Å². The minimum atomic E-state index is -4.41. The van der Waals surface area contributed by atoms with E-state index in [0.717, 1.165) is 31.6 Å². The summed E-state index contributed by atoms with van der Waals surface area (Å²) in [6.07, 6.45) is -0.774. The zero-order valence-electron chi connectivity index (χ0n) is 16.3. The van der Waals surface area contributed by atoms with Crippen LogP contribution in [0, 0.1) is 0 Å². The molecule has 2 heterocycles. The Bertz CT molecular complexity index is 979. The zero-order valence-corrected chi connectivity index (χ0v) is 16.3. The van der Waals surface area contributed by atoms with Crippen molar-refractivity contribution in [3.8, 4) is 11.3 Å². The summed E-state index contributed by atoms with van der Waals surface area (Å²) in [5, 5.41) is 0. The summed E-state index contributed by atoms with van der Waals surface area (Å²) in [5.74, 6) is 0. The van der Waals surface area contributed by atoms with Gasteiger partial charge >= 0.3 is 6.18 Å². The van der Waals surface area contributed by atoms with Crippen LogP contribution in [0.3, 0.4) is 0 Å². The third-order valence-electron chi connectivity index (χ3n) is 5.20. The maximum atomic E-state index is 13.1. The topological polar surface area (TPSA) is 38.2 Å². The molecule has 0 aliphatic carbocycles. The van der Waals surface area contributed by atoms with Gasteiger partial charge in [0.25, 0.3) is 0 Å². The normalized spacial score (nSPS) is 17.8. The summed E-state index contributed by atoms with van der Waals surface area (Å²) >= 11 is 0. The predicted molar refractivity (Wildman–Crippen MR) is 108 cm³/mol. The van der Waals surface area contributed by atoms with E-state index < -0.39 is 11.7 Å². The first-order valence-electron chi connectivity index (χ1n) is 9.87. The molecule has 1 atom stereocenters. The number of aromatic nitrogens is 2. The highest BCUT2D eigenvalue weighted by Crippen LogP contribution is 2.34. The summed E-state index contributed by atoms with van der Waals surface area (Å²) < 4.78 is 45.4. The highest BCUT2D eigenvalue weighted by atomic mass is 19.4. The monoisotopic (exact) mass is 413 g/mol. The Kier molecular flexibility index (Phi) is 6.11. The molecule has 1 fully saturated rings. The van der Waals surface area contributed by atoms with Crippen molar-refractivity contribution in [2.24, 2.45) is 0 Å². The lowest BCUT2D eigenvalue weighted by Crippen LogP contribution is -2.39. The first-order chi connectivity index (χ1) is 14.5. The standard InChI is InChI=1S/C23H22F3N3O/c24-23(25,26)19-8-4-7-18(15-19)21-22(28-11-10-27-21)20-16-29(13-14-30-20)12-9-17-5-2-1-3-6-17/h1-8,10-11,15,20H,9,12-14,16H2. The smallest absolute Gasteiger partial charge is 0.369 e. The Morgan fingerprint density at radius 1 is 1.00 bits per heavy atom. The Balaban J connectivity index is 1.53. The maximum Gasteiger partial charge on any atom is 0.416 e. The van der Waals surface area contributed by atoms with Gasteiger partial charge in [-0.05, 0) is 24.1 Å². The first kappa shape index (κ1) is 20.5. The van der Waals surface area contributed by atoms with Crippen LogP contribution in [0.5, 0.6) is 0 Å². The molecular formula is C23H22F3N3O. The molecule has 0 amide bonds. The largest absolute Gasteiger partial charge is 0.416 e. The number of halogens is 3. The second-order valence-corrected chi connectivity index (χ2v) is 7.26. The molecule has 2 aromatic carbocycles. The van der Waals surface area contributed by atoms with Crippen molar-refractivity contribution in [2.75, 3.05) is 26.2 Å². The number of hydrogen-bond acceptors (Lipinski definition) is 4. The number of benzene rings is 2. The van der Waals surface area contributed by atoms with Gasteiger partial charge in [-0.15, -0.1) is 0 Å². The van der Waals surface area contributed by atoms with Crippen LogP contribution in [0.25, 0.3) is 11.3 Å². The summed E-state index contributed by atoms with van der Waals surface area (Å²) in [5.41, 5.74) is 1.95. The maximum absolute atomic E-state index is 13.1. The summed E-state index contributed by atoms with van der Waals surface area (Å²) in [7, 11) is 0. The number of alkyl halides is 3. The minimum Gasteiger partial charge on any atom is -0.369 e. The fourth-order valence-electron chi connectivity index (χ4n) is 3.65. The second-order valence-electron chi connectivity index (χ2n) is 7.26. The van der Waals surface area contributed by atoms with E-state index in [1.165, 1.54) is 17.8 Å². The lowest BCUT2D eigenvalue weighted by Gasteiger charge is -2.33. The Morgan fingerprint density at radius 3 is 2.60 bits per heavy atom. The molecular weight excluding hydrogens is 391 g/mol. The number of morpholine rings is 1. The van der Waals surface area contributed by atoms with Gasteiger partial charge in [-0.25, -0.2) is 0 Å². The molecule has 30 heavy (non-hydrogen) atoms. The van der Waals surface area contributed by atoms with E-state index in [-0.39, 0.29) is 6.10 Å². The molecule has 1 unspecified atom stereocenters. The van der Waals surface area contributed by atoms with Gasteiger partial charge in [0, 0.05) is 37.6 Å². The van der Waals surface area contributed by atoms with Gasteiger partial charge in [0.2, 0.25) is 0 Å². The van der Waals surface area contributed by atoms with Gasteiger partial charge in [0.05, 0.1) is 23.6 Å². The third kappa shape index (κ3) is 4.86. The van der Waals surface area contributed by atoms with Crippen LogP contribution in [-0.2, 0) is 17.3 Å². The third-order valence-corrected chi connectivity index (χ3v) is 5.20. The van der Waals surface area contributed by atoms with Gasteiger partial charge in [-0.3, -0.25) is 14.9 Å². The quantitative estimate of drug-likeness (QED) is 0.604. The zero-order chi connectivity index (χ0) is 21.0. The molecule has 0 saturated carbocycles. The van der Waals surface area contributed by atoms with Crippen LogP contribution in [0.4, 0.5) is 13.2 Å². The molecule has 0 N–H and O–H groups in total. The molecule has 1 aromatic heterocycles. The minimum absolute atomic E-state index is 0.340. The highest BCUT2D eigenvalue weighted by molar-refractivity contribution is 5.63. The fourth-order valence-corrected chi connectivity index (χ4v) is 3.65. The number of nitrogens with zero attached hydrogens (tertiary/aromatic N) is 3. The average Bonchev–Trinajstić information content (AvgIpc) is 2.78. The summed E-state index contributed by atoms with van der Waals surface area (Å²) in [6, 6.07) is 15.4. The second kappa shape index (κ2) is 8.93. The van der Waals surface area contributed by atoms with E-state index >= 15 is 0 Å². The molecule has 4 nitrogen and oxygen atoms in total. The van der Waals surface area contributed by atoms with Crippen LogP contribution in [-0.4, -0.2) is 41.1 Å². The van der Waals surface area contributed by atoms with E-state index in [9.17, 15) is 13.2 Å². The predicted octanol–water partition coefficient (Wildman–Crippen LogP) is 4.78. The van der Waals surface area contributed by atoms with Crippen molar-refractivity contribution in [2.45, 2.75) is 18.7 Å². The highest BCUT2D eigenvalue weighted by Gasteiger charge is 2.31.